The first-order valence-corrected chi connectivity index (χ1v) is 5.57. The molecule has 17 heavy (non-hydrogen) atoms. The average Bonchev–Trinajstić information content (AvgIpc) is 2.18. The van der Waals surface area contributed by atoms with Gasteiger partial charge in [-0.25, -0.2) is 0 Å². The molecule has 1 aliphatic heterocycles. The quantitative estimate of drug-likeness (QED) is 0.750. The highest BCUT2D eigenvalue weighted by atomic mass is 35.5. The van der Waals surface area contributed by atoms with Gasteiger partial charge in [0, 0.05) is 5.56 Å². The van der Waals surface area contributed by atoms with E-state index in [2.05, 4.69) is 0 Å². The van der Waals surface area contributed by atoms with E-state index in [9.17, 15) is 5.11 Å². The third kappa shape index (κ3) is 2.28. The molecule has 1 aliphatic rings. The lowest BCUT2D eigenvalue weighted by molar-refractivity contribution is -0.0118. The van der Waals surface area contributed by atoms with E-state index in [1.165, 1.54) is 0 Å². The molecule has 0 amide bonds. The second kappa shape index (κ2) is 4.48. The third-order valence-corrected chi connectivity index (χ3v) is 3.46. The van der Waals surface area contributed by atoms with Crippen LogP contribution >= 0.6 is 12.4 Å². The van der Waals surface area contributed by atoms with E-state index in [1.54, 1.807) is 0 Å². The van der Waals surface area contributed by atoms with E-state index < -0.39 is 17.7 Å². The summed E-state index contributed by atoms with van der Waals surface area (Å²) in [6, 6.07) is 3.54. The summed E-state index contributed by atoms with van der Waals surface area (Å²) in [7, 11) is 0. The zero-order valence-electron chi connectivity index (χ0n) is 10.7. The van der Waals surface area contributed by atoms with E-state index in [0.29, 0.717) is 0 Å². The Hall–Kier alpha value is -0.770. The van der Waals surface area contributed by atoms with Crippen LogP contribution in [0.1, 0.15) is 36.6 Å². The summed E-state index contributed by atoms with van der Waals surface area (Å²) in [4.78, 5) is 0. The summed E-state index contributed by atoms with van der Waals surface area (Å²) in [6.45, 7) is 7.86. The maximum atomic E-state index is 10.2. The molecule has 0 fully saturated rings. The predicted molar refractivity (Wildman–Crippen MR) is 70.8 cm³/mol. The second-order valence-corrected chi connectivity index (χ2v) is 5.15. The molecular weight excluding hydrogens is 238 g/mol. The number of hydrogen-bond acceptors (Lipinski definition) is 3. The summed E-state index contributed by atoms with van der Waals surface area (Å²) < 4.78 is 5.85. The molecule has 0 aromatic heterocycles. The number of fused-ring (bicyclic) bond motifs is 1. The minimum atomic E-state index is -0.655. The molecule has 1 heterocycles. The molecule has 2 atom stereocenters. The molecule has 96 valence electrons. The van der Waals surface area contributed by atoms with Crippen molar-refractivity contribution in [3.8, 4) is 5.75 Å². The number of nitrogens with two attached hydrogens (primary N) is 1. The molecule has 2 unspecified atom stereocenters. The standard InChI is InChI=1S/C13H19NO2.ClH/c1-7-5-9-10(6-8(7)2)16-13(3,4)12(14)11(9)15;/h5-6,11-12,15H,14H2,1-4H3;1H. The summed E-state index contributed by atoms with van der Waals surface area (Å²) in [5.74, 6) is 0.752. The Bertz CT molecular complexity index is 432. The first kappa shape index (κ1) is 14.3. The van der Waals surface area contributed by atoms with E-state index in [4.69, 9.17) is 10.5 Å². The van der Waals surface area contributed by atoms with Gasteiger partial charge in [-0.3, -0.25) is 0 Å². The van der Waals surface area contributed by atoms with Gasteiger partial charge in [-0.1, -0.05) is 0 Å². The minimum Gasteiger partial charge on any atom is -0.486 e. The summed E-state index contributed by atoms with van der Waals surface area (Å²) >= 11 is 0. The van der Waals surface area contributed by atoms with E-state index in [1.807, 2.05) is 39.8 Å². The molecule has 0 saturated carbocycles. The fourth-order valence-electron chi connectivity index (χ4n) is 2.06. The number of ether oxygens (including phenoxy) is 1. The van der Waals surface area contributed by atoms with Crippen molar-refractivity contribution < 1.29 is 9.84 Å². The maximum absolute atomic E-state index is 10.2. The van der Waals surface area contributed by atoms with Crippen LogP contribution in [-0.2, 0) is 0 Å². The molecule has 0 radical (unpaired) electrons. The summed E-state index contributed by atoms with van der Waals surface area (Å²) in [6.07, 6.45) is -0.655. The Morgan fingerprint density at radius 1 is 1.24 bits per heavy atom. The number of aryl methyl sites for hydroxylation is 2. The zero-order chi connectivity index (χ0) is 12.1. The van der Waals surface area contributed by atoms with Crippen molar-refractivity contribution in [2.24, 2.45) is 5.73 Å². The molecule has 0 bridgehead atoms. The SMILES string of the molecule is Cc1cc2c(cc1C)C(O)C(N)C(C)(C)O2.Cl. The van der Waals surface area contributed by atoms with E-state index in [-0.39, 0.29) is 12.4 Å². The molecule has 0 saturated heterocycles. The third-order valence-electron chi connectivity index (χ3n) is 3.46. The van der Waals surface area contributed by atoms with Crippen LogP contribution < -0.4 is 10.5 Å². The van der Waals surface area contributed by atoms with Crippen molar-refractivity contribution in [1.29, 1.82) is 0 Å². The number of aliphatic hydroxyl groups excluding tert-OH is 1. The fraction of sp³-hybridized carbons (Fsp3) is 0.538. The number of aliphatic hydroxyl groups is 1. The van der Waals surface area contributed by atoms with Crippen molar-refractivity contribution in [1.82, 2.24) is 0 Å². The van der Waals surface area contributed by atoms with Crippen LogP contribution in [0.25, 0.3) is 0 Å². The van der Waals surface area contributed by atoms with Crippen molar-refractivity contribution in [2.75, 3.05) is 0 Å². The predicted octanol–water partition coefficient (Wildman–Crippen LogP) is 2.26. The lowest BCUT2D eigenvalue weighted by atomic mass is 9.86. The molecule has 1 aromatic rings. The van der Waals surface area contributed by atoms with Crippen molar-refractivity contribution in [2.45, 2.75) is 45.4 Å². The molecule has 0 spiro atoms. The van der Waals surface area contributed by atoms with Crippen LogP contribution in [0.2, 0.25) is 0 Å². The summed E-state index contributed by atoms with van der Waals surface area (Å²) in [5, 5.41) is 10.2. The van der Waals surface area contributed by atoms with Gasteiger partial charge in [0.05, 0.1) is 6.04 Å². The van der Waals surface area contributed by atoms with Crippen LogP contribution in [0, 0.1) is 13.8 Å². The van der Waals surface area contributed by atoms with Gasteiger partial charge in [0.2, 0.25) is 0 Å². The molecule has 3 nitrogen and oxygen atoms in total. The van der Waals surface area contributed by atoms with Gasteiger partial charge in [-0.2, -0.15) is 0 Å². The Morgan fingerprint density at radius 2 is 1.76 bits per heavy atom. The Kier molecular flexibility index (Phi) is 3.77. The number of rotatable bonds is 0. The first-order chi connectivity index (χ1) is 7.33. The number of halogens is 1. The smallest absolute Gasteiger partial charge is 0.126 e. The van der Waals surface area contributed by atoms with E-state index >= 15 is 0 Å². The van der Waals surface area contributed by atoms with E-state index in [0.717, 1.165) is 22.4 Å². The van der Waals surface area contributed by atoms with Crippen LogP contribution in [0.15, 0.2) is 12.1 Å². The molecule has 0 aliphatic carbocycles. The molecule has 1 aromatic carbocycles. The minimum absolute atomic E-state index is 0. The van der Waals surface area contributed by atoms with Gasteiger partial charge in [0.1, 0.15) is 17.5 Å². The zero-order valence-corrected chi connectivity index (χ0v) is 11.5. The molecule has 4 heteroatoms. The Morgan fingerprint density at radius 3 is 2.35 bits per heavy atom. The van der Waals surface area contributed by atoms with Crippen LogP contribution in [-0.4, -0.2) is 16.7 Å². The van der Waals surface area contributed by atoms with Gasteiger partial charge in [0.25, 0.3) is 0 Å². The van der Waals surface area contributed by atoms with Crippen molar-refractivity contribution >= 4 is 12.4 Å². The van der Waals surface area contributed by atoms with Gasteiger partial charge in [0.15, 0.2) is 0 Å². The van der Waals surface area contributed by atoms with Crippen LogP contribution in [0.4, 0.5) is 0 Å². The van der Waals surface area contributed by atoms with Crippen molar-refractivity contribution in [3.05, 3.63) is 28.8 Å². The second-order valence-electron chi connectivity index (χ2n) is 5.15. The normalized spacial score (nSPS) is 25.5. The van der Waals surface area contributed by atoms with Gasteiger partial charge < -0.3 is 15.6 Å². The number of hydrogen-bond donors (Lipinski definition) is 2. The lowest BCUT2D eigenvalue weighted by Gasteiger charge is -2.41. The monoisotopic (exact) mass is 257 g/mol. The maximum Gasteiger partial charge on any atom is 0.126 e. The Balaban J connectivity index is 0.00000144. The first-order valence-electron chi connectivity index (χ1n) is 5.57. The average molecular weight is 258 g/mol. The van der Waals surface area contributed by atoms with Gasteiger partial charge in [-0.15, -0.1) is 12.4 Å². The fourth-order valence-corrected chi connectivity index (χ4v) is 2.06. The van der Waals surface area contributed by atoms with Crippen molar-refractivity contribution in [3.63, 3.8) is 0 Å². The van der Waals surface area contributed by atoms with Gasteiger partial charge >= 0.3 is 0 Å². The highest BCUT2D eigenvalue weighted by molar-refractivity contribution is 5.85. The highest BCUT2D eigenvalue weighted by Crippen LogP contribution is 2.39. The molecule has 3 N–H and O–H groups in total. The highest BCUT2D eigenvalue weighted by Gasteiger charge is 2.40. The topological polar surface area (TPSA) is 55.5 Å². The van der Waals surface area contributed by atoms with Gasteiger partial charge in [-0.05, 0) is 51.0 Å². The molecule has 2 rings (SSSR count). The lowest BCUT2D eigenvalue weighted by Crippen LogP contribution is -2.54. The largest absolute Gasteiger partial charge is 0.486 e. The molecular formula is C13H20ClNO2. The van der Waals surface area contributed by atoms with Crippen LogP contribution in [0.5, 0.6) is 5.75 Å². The van der Waals surface area contributed by atoms with Crippen LogP contribution in [0.3, 0.4) is 0 Å². The Labute approximate surface area is 108 Å². The summed E-state index contributed by atoms with van der Waals surface area (Å²) in [5.41, 5.74) is 8.56. The number of benzene rings is 1.